The monoisotopic (exact) mass is 516 g/mol. The molecule has 1 saturated heterocycles. The van der Waals surface area contributed by atoms with Gasteiger partial charge in [0.15, 0.2) is 9.84 Å². The molecule has 2 heterocycles. The number of sulfone groups is 1. The van der Waals surface area contributed by atoms with Crippen molar-refractivity contribution in [3.63, 3.8) is 0 Å². The van der Waals surface area contributed by atoms with Gasteiger partial charge in [0.1, 0.15) is 11.6 Å². The van der Waals surface area contributed by atoms with Crippen LogP contribution in [0.15, 0.2) is 59.6 Å². The number of methoxy groups -OCH3 is 1. The second kappa shape index (κ2) is 10.5. The molecule has 0 aliphatic carbocycles. The van der Waals surface area contributed by atoms with Crippen LogP contribution in [0, 0.1) is 0 Å². The maximum absolute atomic E-state index is 12.8. The van der Waals surface area contributed by atoms with Crippen LogP contribution in [0.1, 0.15) is 13.8 Å². The number of hydrogen-bond acceptors (Lipinski definition) is 9. The fraction of sp³-hybridized carbons (Fsp3) is 0.333. The smallest absolute Gasteiger partial charge is 0.229 e. The highest BCUT2D eigenvalue weighted by molar-refractivity contribution is 7.92. The Bertz CT molecular complexity index is 1300. The lowest BCUT2D eigenvalue weighted by Crippen LogP contribution is -2.35. The van der Waals surface area contributed by atoms with E-state index in [1.54, 1.807) is 57.5 Å². The van der Waals surface area contributed by atoms with E-state index in [2.05, 4.69) is 25.9 Å². The minimum absolute atomic E-state index is 0.222. The number of benzene rings is 2. The van der Waals surface area contributed by atoms with Gasteiger partial charge in [0.25, 0.3) is 0 Å². The van der Waals surface area contributed by atoms with Gasteiger partial charge in [0.05, 0.1) is 28.6 Å². The number of ether oxygens (including phenoxy) is 1. The van der Waals surface area contributed by atoms with Crippen molar-refractivity contribution in [3.8, 4) is 5.75 Å². The zero-order chi connectivity index (χ0) is 25.1. The first-order valence-corrected chi connectivity index (χ1v) is 15.1. The van der Waals surface area contributed by atoms with Crippen molar-refractivity contribution in [1.82, 2.24) is 15.3 Å². The molecule has 0 unspecified atom stereocenters. The Morgan fingerprint density at radius 2 is 1.80 bits per heavy atom. The Hall–Kier alpha value is -2.78. The van der Waals surface area contributed by atoms with Crippen molar-refractivity contribution in [2.45, 2.75) is 24.0 Å². The summed E-state index contributed by atoms with van der Waals surface area (Å²) < 4.78 is 31.1. The third-order valence-corrected chi connectivity index (χ3v) is 11.3. The number of para-hydroxylation sites is 1. The van der Waals surface area contributed by atoms with Crippen LogP contribution in [0.2, 0.25) is 0 Å². The zero-order valence-electron chi connectivity index (χ0n) is 20.0. The third-order valence-electron chi connectivity index (χ3n) is 5.96. The molecule has 0 saturated carbocycles. The molecule has 0 bridgehead atoms. The Labute approximate surface area is 206 Å². The maximum atomic E-state index is 12.8. The van der Waals surface area contributed by atoms with Crippen molar-refractivity contribution in [1.29, 1.82) is 0 Å². The van der Waals surface area contributed by atoms with E-state index in [9.17, 15) is 13.3 Å². The van der Waals surface area contributed by atoms with Gasteiger partial charge in [-0.2, -0.15) is 4.98 Å². The molecule has 4 rings (SSSR count). The Morgan fingerprint density at radius 1 is 1.06 bits per heavy atom. The van der Waals surface area contributed by atoms with E-state index in [-0.39, 0.29) is 4.90 Å². The second-order valence-electron chi connectivity index (χ2n) is 8.61. The third kappa shape index (κ3) is 5.56. The van der Waals surface area contributed by atoms with Gasteiger partial charge in [-0.1, -0.05) is 18.2 Å². The lowest BCUT2D eigenvalue weighted by atomic mass is 10.3. The van der Waals surface area contributed by atoms with Crippen molar-refractivity contribution < 1.29 is 18.0 Å². The number of aromatic nitrogens is 2. The first-order chi connectivity index (χ1) is 16.7. The molecule has 1 aromatic heterocycles. The highest BCUT2D eigenvalue weighted by atomic mass is 32.2. The van der Waals surface area contributed by atoms with Crippen LogP contribution in [-0.4, -0.2) is 61.1 Å². The van der Waals surface area contributed by atoms with E-state index >= 15 is 0 Å². The highest BCUT2D eigenvalue weighted by Gasteiger charge is 2.30. The minimum atomic E-state index is -3.47. The summed E-state index contributed by atoms with van der Waals surface area (Å²) in [5.74, 6) is 1.35. The molecule has 4 N–H and O–H groups in total. The largest absolute Gasteiger partial charge is 0.495 e. The summed E-state index contributed by atoms with van der Waals surface area (Å²) in [5.41, 5.74) is 1.12. The number of hydrogen-bond donors (Lipinski definition) is 4. The van der Waals surface area contributed by atoms with Crippen molar-refractivity contribution in [3.05, 3.63) is 54.7 Å². The zero-order valence-corrected chi connectivity index (χ0v) is 21.7. The molecule has 35 heavy (non-hydrogen) atoms. The summed E-state index contributed by atoms with van der Waals surface area (Å²) in [4.78, 5) is 20.2. The van der Waals surface area contributed by atoms with Crippen molar-refractivity contribution in [2.24, 2.45) is 0 Å². The molecule has 9 nitrogen and oxygen atoms in total. The average Bonchev–Trinajstić information content (AvgIpc) is 2.85. The molecule has 3 aromatic rings. The predicted octanol–water partition coefficient (Wildman–Crippen LogP) is 3.31. The fourth-order valence-electron chi connectivity index (χ4n) is 3.88. The first-order valence-electron chi connectivity index (χ1n) is 11.4. The lowest BCUT2D eigenvalue weighted by Gasteiger charge is -2.35. The van der Waals surface area contributed by atoms with Gasteiger partial charge in [0, 0.05) is 44.4 Å². The van der Waals surface area contributed by atoms with Gasteiger partial charge in [-0.3, -0.25) is 0 Å². The maximum Gasteiger partial charge on any atom is 0.229 e. The van der Waals surface area contributed by atoms with E-state index in [0.29, 0.717) is 28.9 Å². The van der Waals surface area contributed by atoms with E-state index in [1.165, 1.54) is 0 Å². The summed E-state index contributed by atoms with van der Waals surface area (Å²) >= 11 is 0. The number of nitrogens with zero attached hydrogens (tertiary/aromatic N) is 2. The predicted molar refractivity (Wildman–Crippen MR) is 142 cm³/mol. The SMILES string of the molecule is COc1cc([P]2(O)CCNCC2)ccc1Nc1nccc(Nc2ccccc2S(=O)(=O)C(C)C)n1. The van der Waals surface area contributed by atoms with Gasteiger partial charge in [-0.05, 0) is 44.2 Å². The van der Waals surface area contributed by atoms with Crippen LogP contribution in [0.3, 0.4) is 0 Å². The van der Waals surface area contributed by atoms with Crippen LogP contribution >= 0.6 is 7.49 Å². The van der Waals surface area contributed by atoms with Gasteiger partial charge >= 0.3 is 0 Å². The van der Waals surface area contributed by atoms with E-state index in [4.69, 9.17) is 4.74 Å². The Balaban J connectivity index is 1.57. The molecule has 11 heteroatoms. The molecule has 0 atom stereocenters. The van der Waals surface area contributed by atoms with Crippen molar-refractivity contribution >= 4 is 45.8 Å². The van der Waals surface area contributed by atoms with E-state index in [0.717, 1.165) is 30.7 Å². The van der Waals surface area contributed by atoms with Crippen LogP contribution in [0.25, 0.3) is 0 Å². The Kier molecular flexibility index (Phi) is 7.56. The number of anilines is 4. The summed E-state index contributed by atoms with van der Waals surface area (Å²) in [6.07, 6.45) is 3.07. The summed E-state index contributed by atoms with van der Waals surface area (Å²) in [7, 11) is -4.08. The average molecular weight is 517 g/mol. The fourth-order valence-corrected chi connectivity index (χ4v) is 7.59. The number of nitrogens with one attached hydrogen (secondary N) is 3. The highest BCUT2D eigenvalue weighted by Crippen LogP contribution is 2.54. The van der Waals surface area contributed by atoms with Gasteiger partial charge in [0.2, 0.25) is 5.95 Å². The van der Waals surface area contributed by atoms with Gasteiger partial charge in [-0.25, -0.2) is 13.4 Å². The van der Waals surface area contributed by atoms with Gasteiger partial charge < -0.3 is 25.6 Å². The van der Waals surface area contributed by atoms with Crippen LogP contribution in [0.4, 0.5) is 23.1 Å². The second-order valence-corrected chi connectivity index (χ2v) is 14.3. The number of rotatable bonds is 8. The lowest BCUT2D eigenvalue weighted by molar-refractivity contribution is 0.417. The summed E-state index contributed by atoms with van der Waals surface area (Å²) in [5, 5.41) is 9.94. The summed E-state index contributed by atoms with van der Waals surface area (Å²) in [6.45, 7) is 4.93. The summed E-state index contributed by atoms with van der Waals surface area (Å²) in [6, 6.07) is 14.1. The van der Waals surface area contributed by atoms with Crippen LogP contribution < -0.4 is 26.0 Å². The normalized spacial score (nSPS) is 15.6. The van der Waals surface area contributed by atoms with Gasteiger partial charge in [-0.15, -0.1) is 0 Å². The molecule has 1 aliphatic heterocycles. The van der Waals surface area contributed by atoms with Crippen molar-refractivity contribution in [2.75, 3.05) is 43.2 Å². The van der Waals surface area contributed by atoms with Crippen LogP contribution in [-0.2, 0) is 9.84 Å². The Morgan fingerprint density at radius 3 is 2.51 bits per heavy atom. The first kappa shape index (κ1) is 25.3. The molecular weight excluding hydrogens is 485 g/mol. The molecule has 1 aliphatic rings. The molecule has 2 aromatic carbocycles. The molecular formula is C24H31N5O4PS. The van der Waals surface area contributed by atoms with E-state index in [1.807, 2.05) is 18.2 Å². The molecule has 187 valence electrons. The standard InChI is InChI=1S/C24H31N5O4PS/c1-17(2)35(31,32)22-7-5-4-6-20(22)27-23-10-11-26-24(29-23)28-19-9-8-18(16-21(19)33-3)34(30)14-12-25-13-15-34/h4-11,16-17,25,30H,12-15H2,1-3H3,(H2,26,27,28,29). The quantitative estimate of drug-likeness (QED) is 0.334. The molecule has 1 fully saturated rings. The van der Waals surface area contributed by atoms with E-state index < -0.39 is 22.6 Å². The minimum Gasteiger partial charge on any atom is -0.495 e. The van der Waals surface area contributed by atoms with Crippen LogP contribution in [0.5, 0.6) is 5.75 Å². The molecule has 1 radical (unpaired) electrons. The molecule has 0 spiro atoms. The molecule has 0 amide bonds. The topological polar surface area (TPSA) is 125 Å².